The standard InChI is InChI=1S/C21H14N2O3S/c1-4-17-19(23-3)18(20(27-17)21(24)25)13-9-11-14(12-10-13)26-16-8-6-5-7-15(16)22-2/h5-12H,4H2,1H3,(H,24,25). The van der Waals surface area contributed by atoms with Gasteiger partial charge in [0.2, 0.25) is 11.4 Å². The predicted molar refractivity (Wildman–Crippen MR) is 105 cm³/mol. The first-order valence-electron chi connectivity index (χ1n) is 8.10. The van der Waals surface area contributed by atoms with Crippen molar-refractivity contribution < 1.29 is 14.6 Å². The minimum Gasteiger partial charge on any atom is -0.477 e. The topological polar surface area (TPSA) is 55.2 Å². The molecule has 0 radical (unpaired) electrons. The monoisotopic (exact) mass is 374 g/mol. The van der Waals surface area contributed by atoms with Crippen LogP contribution in [0.1, 0.15) is 21.5 Å². The summed E-state index contributed by atoms with van der Waals surface area (Å²) < 4.78 is 5.76. The van der Waals surface area contributed by atoms with E-state index in [1.165, 1.54) is 0 Å². The van der Waals surface area contributed by atoms with E-state index in [4.69, 9.17) is 17.9 Å². The number of carboxylic acids is 1. The summed E-state index contributed by atoms with van der Waals surface area (Å²) in [7, 11) is 0. The minimum absolute atomic E-state index is 0.171. The van der Waals surface area contributed by atoms with E-state index in [1.807, 2.05) is 6.92 Å². The van der Waals surface area contributed by atoms with Gasteiger partial charge in [0, 0.05) is 10.4 Å². The molecule has 1 heterocycles. The van der Waals surface area contributed by atoms with Crippen LogP contribution < -0.4 is 4.74 Å². The second-order valence-electron chi connectivity index (χ2n) is 5.55. The number of hydrogen-bond donors (Lipinski definition) is 1. The number of para-hydroxylation sites is 2. The van der Waals surface area contributed by atoms with Gasteiger partial charge < -0.3 is 9.84 Å². The maximum Gasteiger partial charge on any atom is 0.345 e. The van der Waals surface area contributed by atoms with Crippen molar-refractivity contribution in [2.45, 2.75) is 13.3 Å². The van der Waals surface area contributed by atoms with E-state index in [0.717, 1.165) is 16.2 Å². The third-order valence-corrected chi connectivity index (χ3v) is 5.25. The Hall–Kier alpha value is -3.61. The first-order valence-corrected chi connectivity index (χ1v) is 8.91. The maximum atomic E-state index is 11.6. The highest BCUT2D eigenvalue weighted by Crippen LogP contribution is 2.44. The summed E-state index contributed by atoms with van der Waals surface area (Å²) in [6, 6.07) is 13.8. The highest BCUT2D eigenvalue weighted by molar-refractivity contribution is 7.15. The van der Waals surface area contributed by atoms with Crippen LogP contribution in [0.4, 0.5) is 11.4 Å². The van der Waals surface area contributed by atoms with Gasteiger partial charge in [0.05, 0.1) is 13.1 Å². The normalized spacial score (nSPS) is 10.0. The molecule has 0 amide bonds. The van der Waals surface area contributed by atoms with Gasteiger partial charge in [0.1, 0.15) is 16.4 Å². The fourth-order valence-corrected chi connectivity index (χ4v) is 3.74. The zero-order valence-electron chi connectivity index (χ0n) is 14.4. The molecular formula is C21H14N2O3S. The lowest BCUT2D eigenvalue weighted by atomic mass is 10.0. The van der Waals surface area contributed by atoms with Gasteiger partial charge in [0.25, 0.3) is 0 Å². The third-order valence-electron chi connectivity index (χ3n) is 3.94. The van der Waals surface area contributed by atoms with Crippen molar-refractivity contribution in [2.24, 2.45) is 0 Å². The number of hydrogen-bond acceptors (Lipinski definition) is 3. The Morgan fingerprint density at radius 2 is 1.81 bits per heavy atom. The molecular weight excluding hydrogens is 360 g/mol. The zero-order valence-corrected chi connectivity index (χ0v) is 15.2. The highest BCUT2D eigenvalue weighted by Gasteiger charge is 2.23. The Kier molecular flexibility index (Phi) is 5.21. The molecule has 0 aliphatic carbocycles. The number of aryl methyl sites for hydroxylation is 1. The molecule has 3 rings (SSSR count). The van der Waals surface area contributed by atoms with Crippen molar-refractivity contribution in [1.82, 2.24) is 0 Å². The average molecular weight is 374 g/mol. The summed E-state index contributed by atoms with van der Waals surface area (Å²) in [6.07, 6.45) is 0.608. The summed E-state index contributed by atoms with van der Waals surface area (Å²) in [5.41, 5.74) is 1.91. The molecule has 2 aromatic carbocycles. The Morgan fingerprint density at radius 3 is 2.41 bits per heavy atom. The molecule has 0 unspecified atom stereocenters. The van der Waals surface area contributed by atoms with Crippen LogP contribution >= 0.6 is 11.3 Å². The Labute approximate surface area is 160 Å². The third kappa shape index (κ3) is 3.52. The average Bonchev–Trinajstić information content (AvgIpc) is 3.08. The molecule has 0 saturated carbocycles. The Morgan fingerprint density at radius 1 is 1.11 bits per heavy atom. The second-order valence-corrected chi connectivity index (χ2v) is 6.66. The molecule has 0 spiro atoms. The molecule has 0 fully saturated rings. The Balaban J connectivity index is 1.99. The van der Waals surface area contributed by atoms with Gasteiger partial charge in [-0.1, -0.05) is 37.3 Å². The van der Waals surface area contributed by atoms with Crippen LogP contribution in [0.25, 0.3) is 20.8 Å². The van der Waals surface area contributed by atoms with Gasteiger partial charge in [-0.15, -0.1) is 11.3 Å². The van der Waals surface area contributed by atoms with E-state index in [1.54, 1.807) is 48.5 Å². The van der Waals surface area contributed by atoms with Crippen LogP contribution in [-0.2, 0) is 6.42 Å². The van der Waals surface area contributed by atoms with E-state index in [-0.39, 0.29) is 4.88 Å². The van der Waals surface area contributed by atoms with Crippen LogP contribution in [-0.4, -0.2) is 11.1 Å². The predicted octanol–water partition coefficient (Wildman–Crippen LogP) is 6.57. The molecule has 0 bridgehead atoms. The van der Waals surface area contributed by atoms with Crippen LogP contribution in [0.3, 0.4) is 0 Å². The van der Waals surface area contributed by atoms with Crippen molar-refractivity contribution in [2.75, 3.05) is 0 Å². The SMILES string of the molecule is [C-]#[N+]c1ccccc1Oc1ccc(-c2c(C(=O)O)sc(CC)c2[N+]#[C-])cc1. The van der Waals surface area contributed by atoms with E-state index in [9.17, 15) is 9.90 Å². The van der Waals surface area contributed by atoms with Crippen molar-refractivity contribution >= 4 is 28.7 Å². The lowest BCUT2D eigenvalue weighted by Gasteiger charge is -2.09. The second kappa shape index (κ2) is 7.74. The van der Waals surface area contributed by atoms with Crippen molar-refractivity contribution in [3.63, 3.8) is 0 Å². The van der Waals surface area contributed by atoms with Gasteiger partial charge in [-0.2, -0.15) is 0 Å². The largest absolute Gasteiger partial charge is 0.477 e. The summed E-state index contributed by atoms with van der Waals surface area (Å²) in [5, 5.41) is 9.52. The number of rotatable bonds is 5. The number of ether oxygens (including phenoxy) is 1. The number of aromatic carboxylic acids is 1. The molecule has 0 aliphatic rings. The van der Waals surface area contributed by atoms with Crippen molar-refractivity contribution in [3.05, 3.63) is 81.1 Å². The maximum absolute atomic E-state index is 11.6. The molecule has 6 heteroatoms. The molecule has 0 aliphatic heterocycles. The van der Waals surface area contributed by atoms with Gasteiger partial charge >= 0.3 is 5.97 Å². The van der Waals surface area contributed by atoms with Gasteiger partial charge in [-0.3, -0.25) is 0 Å². The van der Waals surface area contributed by atoms with Crippen LogP contribution in [0, 0.1) is 13.1 Å². The Bertz CT molecular complexity index is 1090. The van der Waals surface area contributed by atoms with Gasteiger partial charge in [-0.05, 0) is 30.2 Å². The summed E-state index contributed by atoms with van der Waals surface area (Å²) in [5.74, 6) is -0.0509. The minimum atomic E-state index is -1.04. The number of carboxylic acid groups (broad SMARTS) is 1. The molecule has 5 nitrogen and oxygen atoms in total. The van der Waals surface area contributed by atoms with Crippen LogP contribution in [0.5, 0.6) is 11.5 Å². The molecule has 1 aromatic heterocycles. The molecule has 0 atom stereocenters. The van der Waals surface area contributed by atoms with Gasteiger partial charge in [-0.25, -0.2) is 14.5 Å². The van der Waals surface area contributed by atoms with Gasteiger partial charge in [0.15, 0.2) is 0 Å². The quantitative estimate of drug-likeness (QED) is 0.514. The molecule has 3 aromatic rings. The summed E-state index contributed by atoms with van der Waals surface area (Å²) >= 11 is 1.15. The first kappa shape index (κ1) is 18.2. The van der Waals surface area contributed by atoms with Crippen molar-refractivity contribution in [1.29, 1.82) is 0 Å². The molecule has 0 saturated heterocycles. The zero-order chi connectivity index (χ0) is 19.4. The number of carbonyl (C=O) groups is 1. The lowest BCUT2D eigenvalue weighted by Crippen LogP contribution is -1.94. The number of nitrogens with zero attached hydrogens (tertiary/aromatic N) is 2. The molecule has 1 N–H and O–H groups in total. The summed E-state index contributed by atoms with van der Waals surface area (Å²) in [6.45, 7) is 16.5. The number of benzene rings is 2. The lowest BCUT2D eigenvalue weighted by molar-refractivity contribution is 0.0703. The van der Waals surface area contributed by atoms with Crippen molar-refractivity contribution in [3.8, 4) is 22.6 Å². The fourth-order valence-electron chi connectivity index (χ4n) is 2.70. The van der Waals surface area contributed by atoms with Crippen LogP contribution in [0.2, 0.25) is 0 Å². The first-order chi connectivity index (χ1) is 13.1. The van der Waals surface area contributed by atoms with E-state index >= 15 is 0 Å². The summed E-state index contributed by atoms with van der Waals surface area (Å²) in [4.78, 5) is 19.6. The fraction of sp³-hybridized carbons (Fsp3) is 0.0952. The molecule has 27 heavy (non-hydrogen) atoms. The number of thiophene rings is 1. The smallest absolute Gasteiger partial charge is 0.345 e. The van der Waals surface area contributed by atoms with E-state index < -0.39 is 5.97 Å². The van der Waals surface area contributed by atoms with E-state index in [2.05, 4.69) is 9.69 Å². The highest BCUT2D eigenvalue weighted by atomic mass is 32.1. The van der Waals surface area contributed by atoms with Crippen LogP contribution in [0.15, 0.2) is 48.5 Å². The van der Waals surface area contributed by atoms with E-state index in [0.29, 0.717) is 40.4 Å². The molecule has 132 valence electrons.